The molecule has 0 bridgehead atoms. The number of fused-ring (bicyclic) bond motifs is 4. The third-order valence-electron chi connectivity index (χ3n) is 8.88. The number of carbonyl (C=O) groups is 2. The van der Waals surface area contributed by atoms with E-state index >= 15 is 0 Å². The molecule has 2 fully saturated rings. The van der Waals surface area contributed by atoms with Crippen LogP contribution in [0.2, 0.25) is 0 Å². The number of aromatic nitrogens is 3. The Morgan fingerprint density at radius 1 is 0.935 bits per heavy atom. The van der Waals surface area contributed by atoms with E-state index in [0.29, 0.717) is 16.8 Å². The van der Waals surface area contributed by atoms with Crippen molar-refractivity contribution in [3.8, 4) is 17.2 Å². The van der Waals surface area contributed by atoms with Crippen molar-refractivity contribution in [1.82, 2.24) is 13.9 Å². The van der Waals surface area contributed by atoms with Gasteiger partial charge in [0.05, 0.1) is 35.5 Å². The number of methoxy groups -OCH3 is 1. The van der Waals surface area contributed by atoms with Crippen molar-refractivity contribution in [3.63, 3.8) is 0 Å². The lowest BCUT2D eigenvalue weighted by atomic mass is 9.64. The normalized spacial score (nSPS) is 25.2. The number of hydrogen-bond acceptors (Lipinski definition) is 6. The molecule has 4 aromatic rings. The van der Waals surface area contributed by atoms with Crippen LogP contribution >= 0.6 is 55.1 Å². The summed E-state index contributed by atoms with van der Waals surface area (Å²) in [6.45, 7) is -0.0592. The van der Waals surface area contributed by atoms with Gasteiger partial charge in [-0.2, -0.15) is 0 Å². The molecule has 1 aliphatic carbocycles. The Bertz CT molecular complexity index is 2130. The van der Waals surface area contributed by atoms with Crippen molar-refractivity contribution in [3.05, 3.63) is 114 Å². The minimum absolute atomic E-state index is 0.0283. The third-order valence-corrected chi connectivity index (χ3v) is 12.5. The van der Waals surface area contributed by atoms with Crippen molar-refractivity contribution < 1.29 is 23.8 Å². The van der Waals surface area contributed by atoms with Crippen LogP contribution in [0.25, 0.3) is 5.69 Å². The molecule has 2 amide bonds. The number of imide groups is 1. The Hall–Kier alpha value is -3.65. The second-order valence-corrected chi connectivity index (χ2v) is 13.9. The molecular formula is C31H21Br2Cl2FN4O6. The number of phenolic OH excluding ortho intramolecular Hbond substituents is 1. The predicted octanol–water partition coefficient (Wildman–Crippen LogP) is 5.38. The van der Waals surface area contributed by atoms with Gasteiger partial charge in [-0.15, -0.1) is 23.2 Å². The first-order valence-electron chi connectivity index (χ1n) is 13.8. The van der Waals surface area contributed by atoms with Gasteiger partial charge in [0.2, 0.25) is 0 Å². The van der Waals surface area contributed by atoms with E-state index in [4.69, 9.17) is 27.9 Å². The van der Waals surface area contributed by atoms with E-state index in [1.807, 2.05) is 0 Å². The molecule has 236 valence electrons. The average Bonchev–Trinajstić information content (AvgIpc) is 3.39. The largest absolute Gasteiger partial charge is 0.503 e. The van der Waals surface area contributed by atoms with E-state index in [1.165, 1.54) is 34.7 Å². The number of nitrogens with zero attached hydrogens (tertiary/aromatic N) is 4. The number of aromatic hydroxyl groups is 1. The first kappa shape index (κ1) is 31.0. The minimum atomic E-state index is -2.19. The molecule has 46 heavy (non-hydrogen) atoms. The summed E-state index contributed by atoms with van der Waals surface area (Å²) < 4.78 is 23.3. The summed E-state index contributed by atoms with van der Waals surface area (Å²) in [7, 11) is 1.34. The molecule has 1 N–H and O–H groups in total. The van der Waals surface area contributed by atoms with Gasteiger partial charge in [0.25, 0.3) is 11.8 Å². The molecule has 0 radical (unpaired) electrons. The smallest absolute Gasteiger partial charge is 0.352 e. The summed E-state index contributed by atoms with van der Waals surface area (Å²) >= 11 is 21.6. The Morgan fingerprint density at radius 3 is 2.26 bits per heavy atom. The van der Waals surface area contributed by atoms with Crippen LogP contribution < -0.4 is 21.0 Å². The number of ether oxygens (including phenoxy) is 1. The Balaban J connectivity index is 1.51. The predicted molar refractivity (Wildman–Crippen MR) is 175 cm³/mol. The standard InChI is InChI=1S/C31H21Br2Cl2FN4O6/c1-46-21-13-19(23(32)24(33)25(21)41)22-18-11-12-37-28(44)39(16-5-3-2-4-6-16)29(45)40(37)20(18)14-30(34)26(42)38(27(43)31(22,30)35)17-9-7-15(36)8-10-17/h2-11,13,20,22,41H,12,14H2,1H3/t20-,22-,30-,31+/m1/s1. The summed E-state index contributed by atoms with van der Waals surface area (Å²) in [5.41, 5.74) is -0.131. The Morgan fingerprint density at radius 2 is 1.61 bits per heavy atom. The lowest BCUT2D eigenvalue weighted by Gasteiger charge is -2.49. The number of hydrogen-bond donors (Lipinski definition) is 1. The summed E-state index contributed by atoms with van der Waals surface area (Å²) in [6.07, 6.45) is 1.36. The molecule has 1 saturated heterocycles. The van der Waals surface area contributed by atoms with Gasteiger partial charge in [0, 0.05) is 16.8 Å². The zero-order valence-corrected chi connectivity index (χ0v) is 28.3. The molecule has 10 nitrogen and oxygen atoms in total. The molecule has 0 unspecified atom stereocenters. The zero-order chi connectivity index (χ0) is 32.9. The van der Waals surface area contributed by atoms with Gasteiger partial charge in [-0.25, -0.2) is 32.8 Å². The summed E-state index contributed by atoms with van der Waals surface area (Å²) in [5.74, 6) is -3.74. The highest BCUT2D eigenvalue weighted by Crippen LogP contribution is 2.65. The monoisotopic (exact) mass is 792 g/mol. The average molecular weight is 795 g/mol. The second kappa shape index (κ2) is 10.7. The SMILES string of the molecule is COc1cc([C@H]2C3=CCn4c(=O)n(-c5ccccc5)c(=O)n4[C@@H]3C[C@@]3(Cl)C(=O)N(c4ccc(F)cc4)C(=O)[C@@]23Cl)c(Br)c(Br)c1O. The third kappa shape index (κ3) is 3.98. The zero-order valence-electron chi connectivity index (χ0n) is 23.6. The molecule has 3 heterocycles. The molecule has 3 aliphatic rings. The number of carbonyl (C=O) groups excluding carboxylic acids is 2. The Kier molecular flexibility index (Phi) is 7.20. The van der Waals surface area contributed by atoms with Crippen LogP contribution in [0.1, 0.15) is 23.9 Å². The molecule has 4 atom stereocenters. The van der Waals surface area contributed by atoms with Crippen LogP contribution in [0, 0.1) is 5.82 Å². The molecule has 7 rings (SSSR count). The fraction of sp³-hybridized carbons (Fsp3) is 0.226. The number of allylic oxidation sites excluding steroid dienone is 2. The summed E-state index contributed by atoms with van der Waals surface area (Å²) in [6, 6.07) is 13.6. The maximum atomic E-state index is 14.5. The lowest BCUT2D eigenvalue weighted by molar-refractivity contribution is -0.122. The number of phenols is 1. The highest BCUT2D eigenvalue weighted by Gasteiger charge is 2.76. The number of amides is 2. The fourth-order valence-corrected chi connectivity index (χ4v) is 8.64. The van der Waals surface area contributed by atoms with Gasteiger partial charge in [-0.1, -0.05) is 24.3 Å². The van der Waals surface area contributed by atoms with E-state index in [1.54, 1.807) is 36.4 Å². The van der Waals surface area contributed by atoms with Gasteiger partial charge >= 0.3 is 11.4 Å². The van der Waals surface area contributed by atoms with Crippen LogP contribution in [-0.2, 0) is 16.1 Å². The molecule has 3 aromatic carbocycles. The topological polar surface area (TPSA) is 116 Å². The second-order valence-electron chi connectivity index (χ2n) is 11.1. The molecule has 0 spiro atoms. The first-order chi connectivity index (χ1) is 21.9. The molecule has 15 heteroatoms. The molecule has 1 saturated carbocycles. The van der Waals surface area contributed by atoms with Crippen LogP contribution in [-0.4, -0.2) is 47.7 Å². The van der Waals surface area contributed by atoms with E-state index in [-0.39, 0.29) is 39.1 Å². The van der Waals surface area contributed by atoms with Crippen molar-refractivity contribution in [1.29, 1.82) is 0 Å². The summed E-state index contributed by atoms with van der Waals surface area (Å²) in [4.78, 5) is 53.1. The highest BCUT2D eigenvalue weighted by atomic mass is 79.9. The Labute approximate surface area is 286 Å². The van der Waals surface area contributed by atoms with Crippen molar-refractivity contribution >= 4 is 72.6 Å². The van der Waals surface area contributed by atoms with Crippen LogP contribution in [0.5, 0.6) is 11.5 Å². The quantitative estimate of drug-likeness (QED) is 0.169. The number of para-hydroxylation sites is 1. The maximum Gasteiger partial charge on any atom is 0.352 e. The number of alkyl halides is 2. The van der Waals surface area contributed by atoms with Crippen molar-refractivity contribution in [2.75, 3.05) is 12.0 Å². The van der Waals surface area contributed by atoms with E-state index in [2.05, 4.69) is 31.9 Å². The van der Waals surface area contributed by atoms with Gasteiger partial charge in [-0.3, -0.25) is 9.59 Å². The minimum Gasteiger partial charge on any atom is -0.503 e. The van der Waals surface area contributed by atoms with E-state index < -0.39 is 50.7 Å². The molecular weight excluding hydrogens is 774 g/mol. The number of anilines is 1. The van der Waals surface area contributed by atoms with E-state index in [9.17, 15) is 28.7 Å². The summed E-state index contributed by atoms with van der Waals surface area (Å²) in [5, 5.41) is 10.7. The maximum absolute atomic E-state index is 14.5. The van der Waals surface area contributed by atoms with Crippen LogP contribution in [0.15, 0.2) is 90.8 Å². The number of benzene rings is 3. The van der Waals surface area contributed by atoms with Gasteiger partial charge in [0.15, 0.2) is 21.2 Å². The number of halogens is 5. The number of rotatable bonds is 4. The molecule has 2 aliphatic heterocycles. The fourth-order valence-electron chi connectivity index (χ4n) is 6.78. The van der Waals surface area contributed by atoms with Gasteiger partial charge in [-0.05, 0) is 85.5 Å². The highest BCUT2D eigenvalue weighted by molar-refractivity contribution is 9.13. The van der Waals surface area contributed by atoms with E-state index in [0.717, 1.165) is 21.6 Å². The van der Waals surface area contributed by atoms with Crippen LogP contribution in [0.4, 0.5) is 10.1 Å². The van der Waals surface area contributed by atoms with Crippen LogP contribution in [0.3, 0.4) is 0 Å². The van der Waals surface area contributed by atoms with Crippen molar-refractivity contribution in [2.24, 2.45) is 0 Å². The lowest BCUT2D eigenvalue weighted by Crippen LogP contribution is -2.59. The first-order valence-corrected chi connectivity index (χ1v) is 16.2. The van der Waals surface area contributed by atoms with Crippen molar-refractivity contribution in [2.45, 2.75) is 34.7 Å². The van der Waals surface area contributed by atoms with Gasteiger partial charge in [0.1, 0.15) is 5.82 Å². The van der Waals surface area contributed by atoms with Gasteiger partial charge < -0.3 is 9.84 Å². The molecule has 1 aromatic heterocycles.